The summed E-state index contributed by atoms with van der Waals surface area (Å²) in [5.41, 5.74) is 1.11. The number of nitrogens with zero attached hydrogens (tertiary/aromatic N) is 2. The number of halogens is 2. The molecule has 0 saturated heterocycles. The Labute approximate surface area is 136 Å². The fourth-order valence-corrected chi connectivity index (χ4v) is 2.09. The summed E-state index contributed by atoms with van der Waals surface area (Å²) < 4.78 is 13.4. The van der Waals surface area contributed by atoms with Crippen molar-refractivity contribution in [2.24, 2.45) is 0 Å². The largest absolute Gasteiger partial charge is 0.362 e. The molecule has 4 nitrogen and oxygen atoms in total. The van der Waals surface area contributed by atoms with Crippen molar-refractivity contribution in [2.45, 2.75) is 12.8 Å². The second-order valence-corrected chi connectivity index (χ2v) is 5.56. The van der Waals surface area contributed by atoms with E-state index in [0.29, 0.717) is 15.5 Å². The van der Waals surface area contributed by atoms with Crippen LogP contribution in [0.25, 0.3) is 0 Å². The van der Waals surface area contributed by atoms with Crippen molar-refractivity contribution in [3.63, 3.8) is 0 Å². The molecule has 0 bridgehead atoms. The molecule has 110 valence electrons. The van der Waals surface area contributed by atoms with Crippen LogP contribution in [0.5, 0.6) is 0 Å². The first-order chi connectivity index (χ1) is 10.1. The Kier molecular flexibility index (Phi) is 6.01. The second kappa shape index (κ2) is 7.99. The summed E-state index contributed by atoms with van der Waals surface area (Å²) in [6.07, 6.45) is 4.96. The average Bonchev–Trinajstić information content (AvgIpc) is 2.48. The third kappa shape index (κ3) is 5.73. The van der Waals surface area contributed by atoms with Gasteiger partial charge in [0.25, 0.3) is 0 Å². The van der Waals surface area contributed by atoms with Crippen molar-refractivity contribution in [1.82, 2.24) is 15.3 Å². The van der Waals surface area contributed by atoms with E-state index in [4.69, 9.17) is 12.2 Å². The molecule has 1 aromatic heterocycles. The lowest BCUT2D eigenvalue weighted by Crippen LogP contribution is -2.29. The lowest BCUT2D eigenvalue weighted by atomic mass is 10.1. The van der Waals surface area contributed by atoms with Crippen LogP contribution in [0.3, 0.4) is 0 Å². The second-order valence-electron chi connectivity index (χ2n) is 4.34. The first-order valence-corrected chi connectivity index (χ1v) is 7.60. The molecule has 0 unspecified atom stereocenters. The van der Waals surface area contributed by atoms with E-state index in [9.17, 15) is 4.39 Å². The van der Waals surface area contributed by atoms with Crippen LogP contribution in [-0.2, 0) is 6.42 Å². The lowest BCUT2D eigenvalue weighted by molar-refractivity contribution is 0.626. The van der Waals surface area contributed by atoms with Gasteiger partial charge in [0.1, 0.15) is 10.4 Å². The molecule has 0 atom stereocenters. The van der Waals surface area contributed by atoms with Crippen LogP contribution < -0.4 is 10.6 Å². The van der Waals surface area contributed by atoms with Gasteiger partial charge in [-0.3, -0.25) is 0 Å². The molecule has 1 heterocycles. The number of aromatic nitrogens is 2. The minimum atomic E-state index is -0.210. The van der Waals surface area contributed by atoms with Gasteiger partial charge in [-0.25, -0.2) is 14.4 Å². The van der Waals surface area contributed by atoms with Gasteiger partial charge >= 0.3 is 0 Å². The van der Waals surface area contributed by atoms with Gasteiger partial charge < -0.3 is 10.6 Å². The maximum absolute atomic E-state index is 12.8. The highest BCUT2D eigenvalue weighted by Crippen LogP contribution is 2.06. The predicted octanol–water partition coefficient (Wildman–Crippen LogP) is 3.30. The molecule has 0 aliphatic heterocycles. The van der Waals surface area contributed by atoms with Gasteiger partial charge in [-0.1, -0.05) is 12.1 Å². The fraction of sp³-hybridized carbons (Fsp3) is 0.214. The third-order valence-electron chi connectivity index (χ3n) is 2.70. The van der Waals surface area contributed by atoms with E-state index in [1.54, 1.807) is 24.5 Å². The van der Waals surface area contributed by atoms with Gasteiger partial charge in [0.05, 0.1) is 12.4 Å². The molecule has 2 N–H and O–H groups in total. The van der Waals surface area contributed by atoms with Crippen molar-refractivity contribution >= 4 is 39.1 Å². The van der Waals surface area contributed by atoms with E-state index in [1.807, 2.05) is 0 Å². The van der Waals surface area contributed by atoms with Gasteiger partial charge in [-0.2, -0.15) is 0 Å². The zero-order valence-electron chi connectivity index (χ0n) is 11.1. The molecule has 7 heteroatoms. The molecule has 1 aromatic carbocycles. The first-order valence-electron chi connectivity index (χ1n) is 6.40. The Morgan fingerprint density at radius 1 is 1.19 bits per heavy atom. The Bertz CT molecular complexity index is 589. The zero-order chi connectivity index (χ0) is 15.1. The standard InChI is InChI=1S/C14H14BrFN4S/c15-12-8-19-13(9-18-12)20-14(21)17-7-1-2-10-3-5-11(16)6-4-10/h3-6,8-9H,1-2,7H2,(H2,17,19,20,21). The maximum atomic E-state index is 12.8. The summed E-state index contributed by atoms with van der Waals surface area (Å²) in [5, 5.41) is 6.55. The summed E-state index contributed by atoms with van der Waals surface area (Å²) in [6, 6.07) is 6.54. The number of aryl methyl sites for hydroxylation is 1. The highest BCUT2D eigenvalue weighted by atomic mass is 79.9. The molecular formula is C14H14BrFN4S. The summed E-state index contributed by atoms with van der Waals surface area (Å²) in [7, 11) is 0. The van der Waals surface area contributed by atoms with Gasteiger partial charge in [0, 0.05) is 6.54 Å². The Morgan fingerprint density at radius 2 is 1.95 bits per heavy atom. The molecule has 2 rings (SSSR count). The van der Waals surface area contributed by atoms with E-state index >= 15 is 0 Å². The SMILES string of the molecule is Fc1ccc(CCCNC(=S)Nc2cnc(Br)cn2)cc1. The topological polar surface area (TPSA) is 49.8 Å². The molecular weight excluding hydrogens is 355 g/mol. The van der Waals surface area contributed by atoms with Gasteiger partial charge in [-0.15, -0.1) is 0 Å². The van der Waals surface area contributed by atoms with E-state index < -0.39 is 0 Å². The molecule has 0 fully saturated rings. The van der Waals surface area contributed by atoms with Crippen molar-refractivity contribution in [3.05, 3.63) is 52.6 Å². The smallest absolute Gasteiger partial charge is 0.171 e. The molecule has 21 heavy (non-hydrogen) atoms. The van der Waals surface area contributed by atoms with Crippen LogP contribution in [0.1, 0.15) is 12.0 Å². The van der Waals surface area contributed by atoms with Gasteiger partial charge in [0.2, 0.25) is 0 Å². The minimum absolute atomic E-state index is 0.210. The van der Waals surface area contributed by atoms with Crippen LogP contribution >= 0.6 is 28.1 Å². The monoisotopic (exact) mass is 368 g/mol. The number of rotatable bonds is 5. The zero-order valence-corrected chi connectivity index (χ0v) is 13.5. The molecule has 0 spiro atoms. The van der Waals surface area contributed by atoms with E-state index in [0.717, 1.165) is 24.9 Å². The average molecular weight is 369 g/mol. The number of anilines is 1. The number of hydrogen-bond donors (Lipinski definition) is 2. The fourth-order valence-electron chi connectivity index (χ4n) is 1.68. The normalized spacial score (nSPS) is 10.2. The summed E-state index contributed by atoms with van der Waals surface area (Å²) >= 11 is 8.38. The Morgan fingerprint density at radius 3 is 2.62 bits per heavy atom. The predicted molar refractivity (Wildman–Crippen MR) is 88.7 cm³/mol. The molecule has 0 amide bonds. The van der Waals surface area contributed by atoms with Gasteiger partial charge in [0.15, 0.2) is 10.9 Å². The quantitative estimate of drug-likeness (QED) is 0.626. The van der Waals surface area contributed by atoms with Crippen molar-refractivity contribution in [1.29, 1.82) is 0 Å². The van der Waals surface area contributed by atoms with Crippen molar-refractivity contribution in [2.75, 3.05) is 11.9 Å². The van der Waals surface area contributed by atoms with Crippen LogP contribution in [0.2, 0.25) is 0 Å². The molecule has 0 saturated carbocycles. The summed E-state index contributed by atoms with van der Waals surface area (Å²) in [4.78, 5) is 8.17. The van der Waals surface area contributed by atoms with E-state index in [1.165, 1.54) is 12.1 Å². The minimum Gasteiger partial charge on any atom is -0.362 e. The lowest BCUT2D eigenvalue weighted by Gasteiger charge is -2.09. The molecule has 0 aliphatic rings. The highest BCUT2D eigenvalue weighted by molar-refractivity contribution is 9.10. The summed E-state index contributed by atoms with van der Waals surface area (Å²) in [5.74, 6) is 0.382. The van der Waals surface area contributed by atoms with Gasteiger partial charge in [-0.05, 0) is 58.7 Å². The third-order valence-corrected chi connectivity index (χ3v) is 3.36. The Hall–Kier alpha value is -1.60. The van der Waals surface area contributed by atoms with Crippen molar-refractivity contribution < 1.29 is 4.39 Å². The number of benzene rings is 1. The van der Waals surface area contributed by atoms with Crippen molar-refractivity contribution in [3.8, 4) is 0 Å². The summed E-state index contributed by atoms with van der Waals surface area (Å²) in [6.45, 7) is 0.729. The molecule has 0 aliphatic carbocycles. The number of hydrogen-bond acceptors (Lipinski definition) is 3. The highest BCUT2D eigenvalue weighted by Gasteiger charge is 2.00. The molecule has 2 aromatic rings. The molecule has 0 radical (unpaired) electrons. The van der Waals surface area contributed by atoms with Crippen LogP contribution in [0.4, 0.5) is 10.2 Å². The van der Waals surface area contributed by atoms with E-state index in [-0.39, 0.29) is 5.82 Å². The maximum Gasteiger partial charge on any atom is 0.171 e. The van der Waals surface area contributed by atoms with Crippen LogP contribution in [0.15, 0.2) is 41.3 Å². The first kappa shape index (κ1) is 15.8. The number of thiocarbonyl (C=S) groups is 1. The van der Waals surface area contributed by atoms with E-state index in [2.05, 4.69) is 36.5 Å². The van der Waals surface area contributed by atoms with Crippen LogP contribution in [0, 0.1) is 5.82 Å². The Balaban J connectivity index is 1.67. The van der Waals surface area contributed by atoms with Crippen LogP contribution in [-0.4, -0.2) is 21.6 Å². The number of nitrogens with one attached hydrogen (secondary N) is 2.